The van der Waals surface area contributed by atoms with E-state index in [9.17, 15) is 4.79 Å². The van der Waals surface area contributed by atoms with Gasteiger partial charge < -0.3 is 14.5 Å². The number of nitrogens with zero attached hydrogens (tertiary/aromatic N) is 1. The highest BCUT2D eigenvalue weighted by molar-refractivity contribution is 5.90. The van der Waals surface area contributed by atoms with Gasteiger partial charge in [-0.2, -0.15) is 0 Å². The summed E-state index contributed by atoms with van der Waals surface area (Å²) >= 11 is 0. The van der Waals surface area contributed by atoms with E-state index in [2.05, 4.69) is 10.3 Å². The molecule has 4 rings (SSSR count). The molecule has 3 aromatic carbocycles. The lowest BCUT2D eigenvalue weighted by molar-refractivity contribution is -0.116. The smallest absolute Gasteiger partial charge is 0.224 e. The van der Waals surface area contributed by atoms with Gasteiger partial charge in [-0.15, -0.1) is 0 Å². The molecule has 30 heavy (non-hydrogen) atoms. The molecule has 5 heteroatoms. The van der Waals surface area contributed by atoms with Crippen molar-refractivity contribution in [2.45, 2.75) is 19.4 Å². The standard InChI is InChI=1S/C25H22N2O3/c28-24(15-16-25-26-17-23(30-25)20-9-5-2-6-10-20)27-21-11-13-22(14-12-21)29-18-19-7-3-1-4-8-19/h1-14,17H,15-16,18H2,(H,27,28). The second-order valence-electron chi connectivity index (χ2n) is 6.83. The Morgan fingerprint density at radius 2 is 1.60 bits per heavy atom. The van der Waals surface area contributed by atoms with Crippen molar-refractivity contribution < 1.29 is 13.9 Å². The third-order valence-electron chi connectivity index (χ3n) is 4.56. The van der Waals surface area contributed by atoms with Gasteiger partial charge in [-0.1, -0.05) is 60.7 Å². The fourth-order valence-corrected chi connectivity index (χ4v) is 2.98. The van der Waals surface area contributed by atoms with Gasteiger partial charge in [-0.25, -0.2) is 4.98 Å². The number of carbonyl (C=O) groups is 1. The lowest BCUT2D eigenvalue weighted by atomic mass is 10.2. The highest BCUT2D eigenvalue weighted by Crippen LogP contribution is 2.21. The third-order valence-corrected chi connectivity index (χ3v) is 4.56. The molecule has 1 heterocycles. The van der Waals surface area contributed by atoms with Crippen LogP contribution in [0.2, 0.25) is 0 Å². The van der Waals surface area contributed by atoms with Crippen molar-refractivity contribution in [2.75, 3.05) is 5.32 Å². The van der Waals surface area contributed by atoms with Crippen LogP contribution in [0.5, 0.6) is 5.75 Å². The Kier molecular flexibility index (Phi) is 6.20. The van der Waals surface area contributed by atoms with Crippen molar-refractivity contribution in [1.29, 1.82) is 0 Å². The molecule has 0 aliphatic heterocycles. The van der Waals surface area contributed by atoms with Crippen LogP contribution in [-0.4, -0.2) is 10.9 Å². The molecule has 5 nitrogen and oxygen atoms in total. The molecule has 4 aromatic rings. The Bertz CT molecular complexity index is 1070. The van der Waals surface area contributed by atoms with Crippen LogP contribution in [0.15, 0.2) is 95.5 Å². The van der Waals surface area contributed by atoms with Crippen molar-refractivity contribution in [3.8, 4) is 17.1 Å². The third kappa shape index (κ3) is 5.35. The summed E-state index contributed by atoms with van der Waals surface area (Å²) in [4.78, 5) is 16.5. The molecular weight excluding hydrogens is 376 g/mol. The molecule has 0 atom stereocenters. The second-order valence-corrected chi connectivity index (χ2v) is 6.83. The fourth-order valence-electron chi connectivity index (χ4n) is 2.98. The Balaban J connectivity index is 1.24. The Morgan fingerprint density at radius 1 is 0.900 bits per heavy atom. The van der Waals surface area contributed by atoms with E-state index in [0.717, 1.165) is 22.6 Å². The predicted molar refractivity (Wildman–Crippen MR) is 116 cm³/mol. The average Bonchev–Trinajstić information content (AvgIpc) is 3.28. The summed E-state index contributed by atoms with van der Waals surface area (Å²) in [5.74, 6) is 1.92. The zero-order valence-corrected chi connectivity index (χ0v) is 16.5. The maximum Gasteiger partial charge on any atom is 0.224 e. The summed E-state index contributed by atoms with van der Waals surface area (Å²) in [6.45, 7) is 0.508. The first-order chi connectivity index (χ1) is 14.8. The number of amides is 1. The van der Waals surface area contributed by atoms with Crippen molar-refractivity contribution in [3.63, 3.8) is 0 Å². The molecule has 0 aliphatic rings. The number of aryl methyl sites for hydroxylation is 1. The Hall–Kier alpha value is -3.86. The number of rotatable bonds is 8. The van der Waals surface area contributed by atoms with Crippen molar-refractivity contribution in [1.82, 2.24) is 4.98 Å². The van der Waals surface area contributed by atoms with E-state index in [1.165, 1.54) is 0 Å². The van der Waals surface area contributed by atoms with E-state index in [0.29, 0.717) is 31.1 Å². The van der Waals surface area contributed by atoms with Crippen LogP contribution in [0, 0.1) is 0 Å². The zero-order valence-electron chi connectivity index (χ0n) is 16.5. The number of hydrogen-bond donors (Lipinski definition) is 1. The molecule has 1 amide bonds. The highest BCUT2D eigenvalue weighted by Gasteiger charge is 2.09. The largest absolute Gasteiger partial charge is 0.489 e. The van der Waals surface area contributed by atoms with Gasteiger partial charge in [0.25, 0.3) is 0 Å². The maximum absolute atomic E-state index is 12.2. The number of hydrogen-bond acceptors (Lipinski definition) is 4. The summed E-state index contributed by atoms with van der Waals surface area (Å²) in [5, 5.41) is 2.89. The van der Waals surface area contributed by atoms with Gasteiger partial charge in [0.2, 0.25) is 5.91 Å². The van der Waals surface area contributed by atoms with E-state index in [1.54, 1.807) is 6.20 Å². The summed E-state index contributed by atoms with van der Waals surface area (Å²) in [6.07, 6.45) is 2.43. The second kappa shape index (κ2) is 9.56. The number of carbonyl (C=O) groups excluding carboxylic acids is 1. The van der Waals surface area contributed by atoms with Crippen molar-refractivity contribution in [2.24, 2.45) is 0 Å². The van der Waals surface area contributed by atoms with Gasteiger partial charge in [0.05, 0.1) is 6.20 Å². The first kappa shape index (κ1) is 19.5. The first-order valence-corrected chi connectivity index (χ1v) is 9.83. The van der Waals surface area contributed by atoms with Gasteiger partial charge in [0, 0.05) is 24.1 Å². The molecule has 0 spiro atoms. The number of benzene rings is 3. The van der Waals surface area contributed by atoms with Gasteiger partial charge in [-0.05, 0) is 29.8 Å². The molecule has 0 radical (unpaired) electrons. The summed E-state index contributed by atoms with van der Waals surface area (Å²) in [7, 11) is 0. The molecule has 0 bridgehead atoms. The van der Waals surface area contributed by atoms with Gasteiger partial charge in [0.15, 0.2) is 11.7 Å². The molecule has 0 fully saturated rings. The monoisotopic (exact) mass is 398 g/mol. The Morgan fingerprint density at radius 3 is 2.33 bits per heavy atom. The van der Waals surface area contributed by atoms with Crippen LogP contribution < -0.4 is 10.1 Å². The topological polar surface area (TPSA) is 64.4 Å². The molecule has 1 N–H and O–H groups in total. The Labute approximate surface area is 175 Å². The molecule has 1 aromatic heterocycles. The summed E-state index contributed by atoms with van der Waals surface area (Å²) < 4.78 is 11.5. The van der Waals surface area contributed by atoms with Gasteiger partial charge >= 0.3 is 0 Å². The number of aromatic nitrogens is 1. The van der Waals surface area contributed by atoms with Crippen molar-refractivity contribution in [3.05, 3.63) is 103 Å². The molecule has 0 unspecified atom stereocenters. The van der Waals surface area contributed by atoms with Crippen LogP contribution in [-0.2, 0) is 17.8 Å². The van der Waals surface area contributed by atoms with E-state index in [4.69, 9.17) is 9.15 Å². The fraction of sp³-hybridized carbons (Fsp3) is 0.120. The van der Waals surface area contributed by atoms with Crippen LogP contribution in [0.3, 0.4) is 0 Å². The van der Waals surface area contributed by atoms with E-state index in [1.807, 2.05) is 84.9 Å². The number of oxazole rings is 1. The predicted octanol–water partition coefficient (Wildman–Crippen LogP) is 5.49. The van der Waals surface area contributed by atoms with Crippen LogP contribution in [0.25, 0.3) is 11.3 Å². The average molecular weight is 398 g/mol. The lowest BCUT2D eigenvalue weighted by Gasteiger charge is -2.08. The minimum absolute atomic E-state index is 0.0904. The quantitative estimate of drug-likeness (QED) is 0.426. The first-order valence-electron chi connectivity index (χ1n) is 9.83. The maximum atomic E-state index is 12.2. The van der Waals surface area contributed by atoms with E-state index in [-0.39, 0.29) is 5.91 Å². The highest BCUT2D eigenvalue weighted by atomic mass is 16.5. The number of nitrogens with one attached hydrogen (secondary N) is 1. The van der Waals surface area contributed by atoms with Crippen LogP contribution >= 0.6 is 0 Å². The molecule has 0 saturated heterocycles. The van der Waals surface area contributed by atoms with E-state index >= 15 is 0 Å². The summed E-state index contributed by atoms with van der Waals surface area (Å²) in [6, 6.07) is 27.1. The van der Waals surface area contributed by atoms with Crippen molar-refractivity contribution >= 4 is 11.6 Å². The molecule has 0 aliphatic carbocycles. The molecular formula is C25H22N2O3. The lowest BCUT2D eigenvalue weighted by Crippen LogP contribution is -2.12. The van der Waals surface area contributed by atoms with E-state index < -0.39 is 0 Å². The van der Waals surface area contributed by atoms with Crippen LogP contribution in [0.4, 0.5) is 5.69 Å². The molecule has 150 valence electrons. The number of ether oxygens (including phenoxy) is 1. The minimum Gasteiger partial charge on any atom is -0.489 e. The van der Waals surface area contributed by atoms with Crippen LogP contribution in [0.1, 0.15) is 17.9 Å². The zero-order chi connectivity index (χ0) is 20.6. The minimum atomic E-state index is -0.0904. The SMILES string of the molecule is O=C(CCc1ncc(-c2ccccc2)o1)Nc1ccc(OCc2ccccc2)cc1. The van der Waals surface area contributed by atoms with Gasteiger partial charge in [0.1, 0.15) is 12.4 Å². The summed E-state index contributed by atoms with van der Waals surface area (Å²) in [5.41, 5.74) is 2.80. The van der Waals surface area contributed by atoms with Gasteiger partial charge in [-0.3, -0.25) is 4.79 Å². The normalized spacial score (nSPS) is 10.5. The number of anilines is 1. The molecule has 0 saturated carbocycles.